The monoisotopic (exact) mass is 154 g/mol. The summed E-state index contributed by atoms with van der Waals surface area (Å²) in [5.74, 6) is 0.625. The van der Waals surface area contributed by atoms with Crippen molar-refractivity contribution in [3.8, 4) is 0 Å². The Balaban J connectivity index is 2.65. The maximum atomic E-state index is 10.9. The fourth-order valence-corrected chi connectivity index (χ4v) is 2.34. The van der Waals surface area contributed by atoms with Crippen molar-refractivity contribution in [3.05, 3.63) is 0 Å². The SMILES string of the molecule is CCCC1(C=O)CCCC1C. The van der Waals surface area contributed by atoms with Crippen LogP contribution in [0, 0.1) is 11.3 Å². The van der Waals surface area contributed by atoms with E-state index in [9.17, 15) is 4.79 Å². The second kappa shape index (κ2) is 3.38. The average Bonchev–Trinajstić information content (AvgIpc) is 2.35. The number of hydrogen-bond donors (Lipinski definition) is 0. The van der Waals surface area contributed by atoms with Gasteiger partial charge in [-0.15, -0.1) is 0 Å². The van der Waals surface area contributed by atoms with E-state index in [-0.39, 0.29) is 5.41 Å². The zero-order valence-corrected chi connectivity index (χ0v) is 7.60. The molecule has 0 aliphatic heterocycles. The smallest absolute Gasteiger partial charge is 0.126 e. The normalized spacial score (nSPS) is 37.5. The van der Waals surface area contributed by atoms with Crippen molar-refractivity contribution in [2.24, 2.45) is 11.3 Å². The van der Waals surface area contributed by atoms with Crippen LogP contribution in [0.2, 0.25) is 0 Å². The minimum atomic E-state index is 0.0642. The third-order valence-electron chi connectivity index (χ3n) is 3.21. The molecule has 0 aromatic carbocycles. The van der Waals surface area contributed by atoms with Crippen LogP contribution in [0.4, 0.5) is 0 Å². The number of hydrogen-bond acceptors (Lipinski definition) is 1. The van der Waals surface area contributed by atoms with E-state index in [1.807, 2.05) is 0 Å². The zero-order valence-electron chi connectivity index (χ0n) is 7.60. The maximum absolute atomic E-state index is 10.9. The summed E-state index contributed by atoms with van der Waals surface area (Å²) in [4.78, 5) is 10.9. The van der Waals surface area contributed by atoms with Crippen LogP contribution in [0.15, 0.2) is 0 Å². The predicted molar refractivity (Wildman–Crippen MR) is 46.4 cm³/mol. The Morgan fingerprint density at radius 2 is 2.36 bits per heavy atom. The van der Waals surface area contributed by atoms with Crippen LogP contribution in [0.25, 0.3) is 0 Å². The van der Waals surface area contributed by atoms with Crippen LogP contribution in [-0.4, -0.2) is 6.29 Å². The van der Waals surface area contributed by atoms with E-state index in [4.69, 9.17) is 0 Å². The van der Waals surface area contributed by atoms with Gasteiger partial charge in [0.1, 0.15) is 6.29 Å². The molecule has 0 amide bonds. The topological polar surface area (TPSA) is 17.1 Å². The van der Waals surface area contributed by atoms with E-state index in [1.54, 1.807) is 0 Å². The van der Waals surface area contributed by atoms with Gasteiger partial charge in [-0.3, -0.25) is 0 Å². The molecule has 1 aliphatic rings. The fraction of sp³-hybridized carbons (Fsp3) is 0.900. The van der Waals surface area contributed by atoms with Crippen molar-refractivity contribution in [1.82, 2.24) is 0 Å². The summed E-state index contributed by atoms with van der Waals surface area (Å²) in [7, 11) is 0. The van der Waals surface area contributed by atoms with Crippen LogP contribution < -0.4 is 0 Å². The molecular weight excluding hydrogens is 136 g/mol. The van der Waals surface area contributed by atoms with E-state index in [0.29, 0.717) is 5.92 Å². The summed E-state index contributed by atoms with van der Waals surface area (Å²) in [5.41, 5.74) is 0.0642. The van der Waals surface area contributed by atoms with Crippen LogP contribution in [0.3, 0.4) is 0 Å². The molecule has 11 heavy (non-hydrogen) atoms. The molecule has 1 aliphatic carbocycles. The minimum Gasteiger partial charge on any atom is -0.303 e. The molecule has 1 rings (SSSR count). The van der Waals surface area contributed by atoms with Gasteiger partial charge in [0, 0.05) is 5.41 Å². The van der Waals surface area contributed by atoms with Crippen LogP contribution in [0.5, 0.6) is 0 Å². The molecule has 0 aromatic rings. The summed E-state index contributed by atoms with van der Waals surface area (Å²) in [5, 5.41) is 0. The first-order chi connectivity index (χ1) is 5.25. The second-order valence-corrected chi connectivity index (χ2v) is 3.89. The number of carbonyl (C=O) groups is 1. The number of rotatable bonds is 3. The Labute approximate surface area is 69.2 Å². The molecule has 0 N–H and O–H groups in total. The molecule has 2 atom stereocenters. The lowest BCUT2D eigenvalue weighted by Gasteiger charge is -2.26. The van der Waals surface area contributed by atoms with Gasteiger partial charge < -0.3 is 4.79 Å². The zero-order chi connectivity index (χ0) is 8.32. The second-order valence-electron chi connectivity index (χ2n) is 3.89. The van der Waals surface area contributed by atoms with Crippen LogP contribution in [-0.2, 0) is 4.79 Å². The van der Waals surface area contributed by atoms with Gasteiger partial charge in [0.05, 0.1) is 0 Å². The highest BCUT2D eigenvalue weighted by atomic mass is 16.1. The van der Waals surface area contributed by atoms with Crippen molar-refractivity contribution in [1.29, 1.82) is 0 Å². The van der Waals surface area contributed by atoms with Gasteiger partial charge in [-0.2, -0.15) is 0 Å². The van der Waals surface area contributed by atoms with Crippen molar-refractivity contribution < 1.29 is 4.79 Å². The lowest BCUT2D eigenvalue weighted by molar-refractivity contribution is -0.118. The Kier molecular flexibility index (Phi) is 2.69. The van der Waals surface area contributed by atoms with Gasteiger partial charge in [0.15, 0.2) is 0 Å². The van der Waals surface area contributed by atoms with Crippen molar-refractivity contribution >= 4 is 6.29 Å². The molecular formula is C10H18O. The number of aldehydes is 1. The molecule has 0 spiro atoms. The van der Waals surface area contributed by atoms with Crippen molar-refractivity contribution in [3.63, 3.8) is 0 Å². The van der Waals surface area contributed by atoms with Gasteiger partial charge in [-0.1, -0.05) is 26.7 Å². The van der Waals surface area contributed by atoms with E-state index < -0.39 is 0 Å². The highest BCUT2D eigenvalue weighted by molar-refractivity contribution is 5.60. The molecule has 64 valence electrons. The first-order valence-corrected chi connectivity index (χ1v) is 4.71. The quantitative estimate of drug-likeness (QED) is 0.571. The molecule has 0 saturated heterocycles. The molecule has 1 nitrogen and oxygen atoms in total. The molecule has 1 fully saturated rings. The first kappa shape index (κ1) is 8.76. The van der Waals surface area contributed by atoms with E-state index in [0.717, 1.165) is 19.3 Å². The number of carbonyl (C=O) groups excluding carboxylic acids is 1. The van der Waals surface area contributed by atoms with Gasteiger partial charge in [-0.25, -0.2) is 0 Å². The highest BCUT2D eigenvalue weighted by Gasteiger charge is 2.38. The average molecular weight is 154 g/mol. The summed E-state index contributed by atoms with van der Waals surface area (Å²) < 4.78 is 0. The molecule has 0 bridgehead atoms. The first-order valence-electron chi connectivity index (χ1n) is 4.71. The van der Waals surface area contributed by atoms with Gasteiger partial charge in [0.2, 0.25) is 0 Å². The van der Waals surface area contributed by atoms with Crippen molar-refractivity contribution in [2.45, 2.75) is 46.0 Å². The van der Waals surface area contributed by atoms with Gasteiger partial charge in [-0.05, 0) is 25.2 Å². The Bertz CT molecular complexity index is 142. The molecule has 0 heterocycles. The van der Waals surface area contributed by atoms with E-state index in [1.165, 1.54) is 19.1 Å². The Morgan fingerprint density at radius 1 is 1.64 bits per heavy atom. The largest absolute Gasteiger partial charge is 0.303 e. The third-order valence-corrected chi connectivity index (χ3v) is 3.21. The maximum Gasteiger partial charge on any atom is 0.126 e. The summed E-state index contributed by atoms with van der Waals surface area (Å²) in [6.07, 6.45) is 7.08. The third kappa shape index (κ3) is 1.47. The Hall–Kier alpha value is -0.330. The predicted octanol–water partition coefficient (Wildman–Crippen LogP) is 2.79. The van der Waals surface area contributed by atoms with Gasteiger partial charge in [0.25, 0.3) is 0 Å². The molecule has 1 saturated carbocycles. The minimum absolute atomic E-state index is 0.0642. The highest BCUT2D eigenvalue weighted by Crippen LogP contribution is 2.44. The lowest BCUT2D eigenvalue weighted by Crippen LogP contribution is -2.25. The summed E-state index contributed by atoms with van der Waals surface area (Å²) in [6.45, 7) is 4.38. The van der Waals surface area contributed by atoms with E-state index >= 15 is 0 Å². The van der Waals surface area contributed by atoms with Crippen LogP contribution in [0.1, 0.15) is 46.0 Å². The molecule has 1 heteroatoms. The standard InChI is InChI=1S/C10H18O/c1-3-6-10(8-11)7-4-5-9(10)2/h8-9H,3-7H2,1-2H3. The summed E-state index contributed by atoms with van der Waals surface area (Å²) >= 11 is 0. The van der Waals surface area contributed by atoms with Crippen molar-refractivity contribution in [2.75, 3.05) is 0 Å². The molecule has 0 aromatic heterocycles. The van der Waals surface area contributed by atoms with Crippen LogP contribution >= 0.6 is 0 Å². The fourth-order valence-electron chi connectivity index (χ4n) is 2.34. The van der Waals surface area contributed by atoms with E-state index in [2.05, 4.69) is 13.8 Å². The summed E-state index contributed by atoms with van der Waals surface area (Å²) in [6, 6.07) is 0. The van der Waals surface area contributed by atoms with Gasteiger partial charge >= 0.3 is 0 Å². The molecule has 0 radical (unpaired) electrons. The molecule has 2 unspecified atom stereocenters. The lowest BCUT2D eigenvalue weighted by atomic mass is 9.77. The Morgan fingerprint density at radius 3 is 2.73 bits per heavy atom.